The van der Waals surface area contributed by atoms with Gasteiger partial charge in [-0.05, 0) is 29.8 Å². The highest BCUT2D eigenvalue weighted by atomic mass is 35.5. The highest BCUT2D eigenvalue weighted by molar-refractivity contribution is 7.15. The lowest BCUT2D eigenvalue weighted by Crippen LogP contribution is -2.24. The van der Waals surface area contributed by atoms with Gasteiger partial charge < -0.3 is 14.8 Å². The topological polar surface area (TPSA) is 60.5 Å². The number of carbonyl (C=O) groups is 1. The molecule has 1 heterocycles. The molecule has 8 heteroatoms. The summed E-state index contributed by atoms with van der Waals surface area (Å²) in [4.78, 5) is 17.5. The molecule has 0 atom stereocenters. The molecule has 0 bridgehead atoms. The molecule has 0 aliphatic carbocycles. The van der Waals surface area contributed by atoms with Crippen molar-refractivity contribution in [2.24, 2.45) is 0 Å². The van der Waals surface area contributed by atoms with Crippen LogP contribution < -0.4 is 14.8 Å². The molecule has 1 N–H and O–H groups in total. The molecule has 0 saturated carbocycles. The van der Waals surface area contributed by atoms with E-state index in [-0.39, 0.29) is 12.3 Å². The molecule has 0 fully saturated rings. The Morgan fingerprint density at radius 2 is 1.82 bits per heavy atom. The van der Waals surface area contributed by atoms with Gasteiger partial charge in [0, 0.05) is 23.2 Å². The minimum atomic E-state index is -0.102. The van der Waals surface area contributed by atoms with Gasteiger partial charge in [0.05, 0.1) is 30.7 Å². The number of nitrogens with one attached hydrogen (secondary N) is 1. The Hall–Kier alpha value is -2.28. The van der Waals surface area contributed by atoms with E-state index >= 15 is 0 Å². The van der Waals surface area contributed by atoms with Crippen LogP contribution in [0.4, 0.5) is 0 Å². The van der Waals surface area contributed by atoms with Crippen molar-refractivity contribution in [2.45, 2.75) is 13.0 Å². The van der Waals surface area contributed by atoms with Crippen LogP contribution in [0, 0.1) is 0 Å². The Labute approximate surface area is 177 Å². The van der Waals surface area contributed by atoms with E-state index in [2.05, 4.69) is 10.3 Å². The first-order chi connectivity index (χ1) is 13.5. The van der Waals surface area contributed by atoms with Gasteiger partial charge in [0.15, 0.2) is 11.5 Å². The number of amides is 1. The predicted octanol–water partition coefficient (Wildman–Crippen LogP) is 4.99. The SMILES string of the molecule is COc1ccc(CNC(=O)Cc2cnc(-c3c(Cl)cccc3Cl)s2)cc1OC. The van der Waals surface area contributed by atoms with E-state index in [1.807, 2.05) is 18.2 Å². The smallest absolute Gasteiger partial charge is 0.225 e. The molecule has 5 nitrogen and oxygen atoms in total. The van der Waals surface area contributed by atoms with Crippen molar-refractivity contribution < 1.29 is 14.3 Å². The maximum atomic E-state index is 12.3. The fraction of sp³-hybridized carbons (Fsp3) is 0.200. The van der Waals surface area contributed by atoms with Crippen LogP contribution >= 0.6 is 34.5 Å². The highest BCUT2D eigenvalue weighted by Crippen LogP contribution is 2.36. The minimum Gasteiger partial charge on any atom is -0.493 e. The van der Waals surface area contributed by atoms with Crippen LogP contribution in [0.15, 0.2) is 42.6 Å². The fourth-order valence-corrected chi connectivity index (χ4v) is 4.29. The Morgan fingerprint density at radius 3 is 2.50 bits per heavy atom. The zero-order valence-electron chi connectivity index (χ0n) is 15.3. The van der Waals surface area contributed by atoms with E-state index in [1.54, 1.807) is 38.6 Å². The molecule has 0 saturated heterocycles. The van der Waals surface area contributed by atoms with Crippen molar-refractivity contribution in [2.75, 3.05) is 14.2 Å². The van der Waals surface area contributed by atoms with Crippen molar-refractivity contribution in [3.8, 4) is 22.1 Å². The molecule has 0 radical (unpaired) electrons. The Kier molecular flexibility index (Phi) is 6.78. The number of methoxy groups -OCH3 is 2. The van der Waals surface area contributed by atoms with Crippen LogP contribution in [0.2, 0.25) is 10.0 Å². The molecule has 0 spiro atoms. The van der Waals surface area contributed by atoms with Gasteiger partial charge in [0.25, 0.3) is 0 Å². The number of rotatable bonds is 7. The van der Waals surface area contributed by atoms with Crippen molar-refractivity contribution in [3.63, 3.8) is 0 Å². The summed E-state index contributed by atoms with van der Waals surface area (Å²) in [6.45, 7) is 0.390. The number of hydrogen-bond acceptors (Lipinski definition) is 5. The molecular formula is C20H18Cl2N2O3S. The molecule has 1 aromatic heterocycles. The second-order valence-corrected chi connectivity index (χ2v) is 7.80. The maximum Gasteiger partial charge on any atom is 0.225 e. The van der Waals surface area contributed by atoms with E-state index in [1.165, 1.54) is 11.3 Å². The highest BCUT2D eigenvalue weighted by Gasteiger charge is 2.14. The van der Waals surface area contributed by atoms with E-state index in [9.17, 15) is 4.79 Å². The van der Waals surface area contributed by atoms with Gasteiger partial charge in [-0.2, -0.15) is 0 Å². The quantitative estimate of drug-likeness (QED) is 0.566. The number of nitrogens with zero attached hydrogens (tertiary/aromatic N) is 1. The van der Waals surface area contributed by atoms with E-state index in [4.69, 9.17) is 32.7 Å². The second-order valence-electron chi connectivity index (χ2n) is 5.87. The van der Waals surface area contributed by atoms with Crippen molar-refractivity contribution in [3.05, 3.63) is 63.1 Å². The minimum absolute atomic E-state index is 0.102. The van der Waals surface area contributed by atoms with Gasteiger partial charge in [0.1, 0.15) is 5.01 Å². The summed E-state index contributed by atoms with van der Waals surface area (Å²) >= 11 is 13.9. The largest absolute Gasteiger partial charge is 0.493 e. The van der Waals surface area contributed by atoms with Crippen LogP contribution in [0.3, 0.4) is 0 Å². The number of carbonyl (C=O) groups excluding carboxylic acids is 1. The summed E-state index contributed by atoms with van der Waals surface area (Å²) in [5, 5.41) is 4.66. The summed E-state index contributed by atoms with van der Waals surface area (Å²) in [5.74, 6) is 1.17. The van der Waals surface area contributed by atoms with Gasteiger partial charge >= 0.3 is 0 Å². The zero-order valence-corrected chi connectivity index (χ0v) is 17.6. The Bertz CT molecular complexity index is 971. The second kappa shape index (κ2) is 9.28. The van der Waals surface area contributed by atoms with Crippen molar-refractivity contribution >= 4 is 40.4 Å². The van der Waals surface area contributed by atoms with Gasteiger partial charge in [-0.15, -0.1) is 11.3 Å². The molecule has 3 aromatic rings. The third kappa shape index (κ3) is 4.76. The average molecular weight is 437 g/mol. The van der Waals surface area contributed by atoms with E-state index in [0.29, 0.717) is 38.7 Å². The monoisotopic (exact) mass is 436 g/mol. The Balaban J connectivity index is 1.62. The molecule has 146 valence electrons. The molecular weight excluding hydrogens is 419 g/mol. The number of hydrogen-bond donors (Lipinski definition) is 1. The molecule has 0 aliphatic rings. The number of aromatic nitrogens is 1. The first-order valence-corrected chi connectivity index (χ1v) is 9.95. The molecule has 0 aliphatic heterocycles. The molecule has 3 rings (SSSR count). The van der Waals surface area contributed by atoms with Crippen LogP contribution in [-0.4, -0.2) is 25.1 Å². The average Bonchev–Trinajstić information content (AvgIpc) is 3.13. The molecule has 28 heavy (non-hydrogen) atoms. The van der Waals surface area contributed by atoms with Crippen LogP contribution in [-0.2, 0) is 17.8 Å². The van der Waals surface area contributed by atoms with Gasteiger partial charge in [-0.1, -0.05) is 35.3 Å². The summed E-state index contributed by atoms with van der Waals surface area (Å²) in [6, 6.07) is 10.8. The van der Waals surface area contributed by atoms with Gasteiger partial charge in [-0.3, -0.25) is 4.79 Å². The third-order valence-corrected chi connectivity index (χ3v) is 5.65. The standard InChI is InChI=1S/C20H18Cl2N2O3S/c1-26-16-7-6-12(8-17(16)27-2)10-23-18(25)9-13-11-24-20(28-13)19-14(21)4-3-5-15(19)22/h3-8,11H,9-10H2,1-2H3,(H,23,25). The summed E-state index contributed by atoms with van der Waals surface area (Å²) in [6.07, 6.45) is 1.91. The first kappa shape index (κ1) is 20.5. The van der Waals surface area contributed by atoms with Crippen LogP contribution in [0.1, 0.15) is 10.4 Å². The van der Waals surface area contributed by atoms with Crippen molar-refractivity contribution in [1.82, 2.24) is 10.3 Å². The summed E-state index contributed by atoms with van der Waals surface area (Å²) in [7, 11) is 3.16. The van der Waals surface area contributed by atoms with Gasteiger partial charge in [0.2, 0.25) is 5.91 Å². The zero-order chi connectivity index (χ0) is 20.1. The lowest BCUT2D eigenvalue weighted by atomic mass is 10.2. The first-order valence-electron chi connectivity index (χ1n) is 8.38. The van der Waals surface area contributed by atoms with E-state index < -0.39 is 0 Å². The lowest BCUT2D eigenvalue weighted by Gasteiger charge is -2.10. The normalized spacial score (nSPS) is 10.6. The number of thiazole rings is 1. The fourth-order valence-electron chi connectivity index (χ4n) is 2.62. The van der Waals surface area contributed by atoms with Gasteiger partial charge in [-0.25, -0.2) is 4.98 Å². The van der Waals surface area contributed by atoms with Crippen LogP contribution in [0.5, 0.6) is 11.5 Å². The van der Waals surface area contributed by atoms with Crippen molar-refractivity contribution in [1.29, 1.82) is 0 Å². The number of benzene rings is 2. The predicted molar refractivity (Wildman–Crippen MR) is 113 cm³/mol. The molecule has 0 unspecified atom stereocenters. The van der Waals surface area contributed by atoms with Crippen LogP contribution in [0.25, 0.3) is 10.6 Å². The Morgan fingerprint density at radius 1 is 1.11 bits per heavy atom. The summed E-state index contributed by atoms with van der Waals surface area (Å²) in [5.41, 5.74) is 1.60. The number of ether oxygens (including phenoxy) is 2. The summed E-state index contributed by atoms with van der Waals surface area (Å²) < 4.78 is 10.5. The lowest BCUT2D eigenvalue weighted by molar-refractivity contribution is -0.120. The maximum absolute atomic E-state index is 12.3. The van der Waals surface area contributed by atoms with E-state index in [0.717, 1.165) is 10.4 Å². The molecule has 1 amide bonds. The molecule has 2 aromatic carbocycles. The number of halogens is 2. The third-order valence-electron chi connectivity index (χ3n) is 4.00.